The lowest BCUT2D eigenvalue weighted by Gasteiger charge is -2.36. The van der Waals surface area contributed by atoms with Gasteiger partial charge in [-0.05, 0) is 44.0 Å². The number of hydrogen-bond donors (Lipinski definition) is 2. The molecule has 0 unspecified atom stereocenters. The fourth-order valence-corrected chi connectivity index (χ4v) is 4.47. The van der Waals surface area contributed by atoms with E-state index in [1.165, 1.54) is 19.3 Å². The van der Waals surface area contributed by atoms with Crippen LogP contribution in [0.15, 0.2) is 0 Å². The second kappa shape index (κ2) is 7.14. The first kappa shape index (κ1) is 16.1. The van der Waals surface area contributed by atoms with E-state index in [0.29, 0.717) is 12.5 Å². The maximum absolute atomic E-state index is 12.5. The number of aliphatic hydroxyl groups is 1. The Morgan fingerprint density at radius 2 is 2.05 bits per heavy atom. The van der Waals surface area contributed by atoms with E-state index in [9.17, 15) is 9.90 Å². The number of carbonyl (C=O) groups excluding carboxylic acids is 1. The number of amides is 1. The Balaban J connectivity index is 1.89. The summed E-state index contributed by atoms with van der Waals surface area (Å²) in [5.74, 6) is 2.13. The van der Waals surface area contributed by atoms with Crippen LogP contribution in [0.25, 0.3) is 0 Å². The standard InChI is InChI=1S/C15H28N2O2S/c1-12(2)13(17-7-4-3-5-8-17)14(18)16-10-15(19)6-9-20-11-15/h12-13,19H,3-11H2,1-2H3,(H,16,18)/t13-,15+/m1/s1. The monoisotopic (exact) mass is 300 g/mol. The molecular formula is C15H28N2O2S. The summed E-state index contributed by atoms with van der Waals surface area (Å²) in [6, 6.07) is -0.0482. The minimum Gasteiger partial charge on any atom is -0.387 e. The van der Waals surface area contributed by atoms with Crippen molar-refractivity contribution in [2.45, 2.75) is 51.2 Å². The predicted octanol–water partition coefficient (Wildman–Crippen LogP) is 1.48. The van der Waals surface area contributed by atoms with Crippen LogP contribution in [0.3, 0.4) is 0 Å². The maximum Gasteiger partial charge on any atom is 0.237 e. The van der Waals surface area contributed by atoms with Crippen LogP contribution in [-0.2, 0) is 4.79 Å². The van der Waals surface area contributed by atoms with Crippen molar-refractivity contribution in [1.82, 2.24) is 10.2 Å². The van der Waals surface area contributed by atoms with Crippen molar-refractivity contribution >= 4 is 17.7 Å². The highest BCUT2D eigenvalue weighted by molar-refractivity contribution is 7.99. The second-order valence-corrected chi connectivity index (χ2v) is 7.64. The van der Waals surface area contributed by atoms with E-state index in [1.807, 2.05) is 0 Å². The van der Waals surface area contributed by atoms with E-state index >= 15 is 0 Å². The summed E-state index contributed by atoms with van der Waals surface area (Å²) >= 11 is 1.76. The number of nitrogens with zero attached hydrogens (tertiary/aromatic N) is 1. The number of thioether (sulfide) groups is 1. The van der Waals surface area contributed by atoms with Gasteiger partial charge in [-0.25, -0.2) is 0 Å². The molecule has 0 aromatic rings. The van der Waals surface area contributed by atoms with Crippen molar-refractivity contribution in [3.63, 3.8) is 0 Å². The van der Waals surface area contributed by atoms with Crippen molar-refractivity contribution in [2.24, 2.45) is 5.92 Å². The van der Waals surface area contributed by atoms with Gasteiger partial charge in [0.2, 0.25) is 5.91 Å². The quantitative estimate of drug-likeness (QED) is 0.807. The Labute approximate surface area is 126 Å². The molecule has 4 nitrogen and oxygen atoms in total. The van der Waals surface area contributed by atoms with Crippen LogP contribution in [0.2, 0.25) is 0 Å². The summed E-state index contributed by atoms with van der Waals surface area (Å²) in [6.45, 7) is 6.67. The number of carbonyl (C=O) groups is 1. The predicted molar refractivity (Wildman–Crippen MR) is 84.0 cm³/mol. The average molecular weight is 300 g/mol. The van der Waals surface area contributed by atoms with E-state index in [4.69, 9.17) is 0 Å². The van der Waals surface area contributed by atoms with Gasteiger partial charge in [-0.3, -0.25) is 9.69 Å². The molecule has 0 aliphatic carbocycles. The highest BCUT2D eigenvalue weighted by Crippen LogP contribution is 2.27. The molecule has 2 heterocycles. The Hall–Kier alpha value is -0.260. The van der Waals surface area contributed by atoms with E-state index in [1.54, 1.807) is 11.8 Å². The molecule has 0 radical (unpaired) electrons. The first-order valence-corrected chi connectivity index (χ1v) is 8.99. The van der Waals surface area contributed by atoms with E-state index in [0.717, 1.165) is 31.0 Å². The summed E-state index contributed by atoms with van der Waals surface area (Å²) in [6.07, 6.45) is 4.45. The summed E-state index contributed by atoms with van der Waals surface area (Å²) in [5, 5.41) is 13.3. The topological polar surface area (TPSA) is 52.6 Å². The van der Waals surface area contributed by atoms with Crippen LogP contribution in [0.1, 0.15) is 39.5 Å². The highest BCUT2D eigenvalue weighted by atomic mass is 32.2. The van der Waals surface area contributed by atoms with Gasteiger partial charge >= 0.3 is 0 Å². The Bertz CT molecular complexity index is 324. The Morgan fingerprint density at radius 3 is 2.60 bits per heavy atom. The van der Waals surface area contributed by atoms with Crippen LogP contribution in [-0.4, -0.2) is 58.7 Å². The van der Waals surface area contributed by atoms with Crippen LogP contribution in [0, 0.1) is 5.92 Å². The van der Waals surface area contributed by atoms with Crippen LogP contribution in [0.5, 0.6) is 0 Å². The summed E-state index contributed by atoms with van der Waals surface area (Å²) in [5.41, 5.74) is -0.691. The molecule has 1 amide bonds. The third-order valence-electron chi connectivity index (χ3n) is 4.36. The summed E-state index contributed by atoms with van der Waals surface area (Å²) in [7, 11) is 0. The molecule has 0 saturated carbocycles. The largest absolute Gasteiger partial charge is 0.387 e. The molecule has 20 heavy (non-hydrogen) atoms. The molecule has 2 N–H and O–H groups in total. The normalized spacial score (nSPS) is 29.6. The lowest BCUT2D eigenvalue weighted by Crippen LogP contribution is -2.54. The Kier molecular flexibility index (Phi) is 5.75. The first-order chi connectivity index (χ1) is 9.52. The fraction of sp³-hybridized carbons (Fsp3) is 0.933. The van der Waals surface area contributed by atoms with Gasteiger partial charge in [0.1, 0.15) is 0 Å². The van der Waals surface area contributed by atoms with Crippen molar-refractivity contribution < 1.29 is 9.90 Å². The van der Waals surface area contributed by atoms with E-state index in [2.05, 4.69) is 24.1 Å². The second-order valence-electron chi connectivity index (χ2n) is 6.53. The number of likely N-dealkylation sites (tertiary alicyclic amines) is 1. The molecule has 2 saturated heterocycles. The SMILES string of the molecule is CC(C)[C@H](C(=O)NC[C@@]1(O)CCSC1)N1CCCCC1. The van der Waals surface area contributed by atoms with Gasteiger partial charge in [-0.1, -0.05) is 20.3 Å². The summed E-state index contributed by atoms with van der Waals surface area (Å²) in [4.78, 5) is 14.8. The van der Waals surface area contributed by atoms with Crippen LogP contribution < -0.4 is 5.32 Å². The maximum atomic E-state index is 12.5. The lowest BCUT2D eigenvalue weighted by atomic mass is 9.97. The van der Waals surface area contributed by atoms with Crippen LogP contribution in [0.4, 0.5) is 0 Å². The third-order valence-corrected chi connectivity index (χ3v) is 5.59. The number of hydrogen-bond acceptors (Lipinski definition) is 4. The zero-order valence-corrected chi connectivity index (χ0v) is 13.5. The molecule has 0 spiro atoms. The zero-order chi connectivity index (χ0) is 14.6. The molecule has 5 heteroatoms. The molecule has 0 aromatic heterocycles. The number of nitrogens with one attached hydrogen (secondary N) is 1. The minimum absolute atomic E-state index is 0.0482. The van der Waals surface area contributed by atoms with Crippen molar-refractivity contribution in [3.05, 3.63) is 0 Å². The Morgan fingerprint density at radius 1 is 1.35 bits per heavy atom. The minimum atomic E-state index is -0.691. The summed E-state index contributed by atoms with van der Waals surface area (Å²) < 4.78 is 0. The zero-order valence-electron chi connectivity index (χ0n) is 12.7. The number of piperidine rings is 1. The number of rotatable bonds is 5. The molecule has 2 aliphatic heterocycles. The van der Waals surface area contributed by atoms with Gasteiger partial charge in [0, 0.05) is 12.3 Å². The van der Waals surface area contributed by atoms with Gasteiger partial charge in [0.15, 0.2) is 0 Å². The fourth-order valence-electron chi connectivity index (χ4n) is 3.18. The molecule has 0 bridgehead atoms. The molecule has 2 aliphatic rings. The van der Waals surface area contributed by atoms with Gasteiger partial charge in [0.25, 0.3) is 0 Å². The molecule has 2 fully saturated rings. The van der Waals surface area contributed by atoms with Gasteiger partial charge in [-0.2, -0.15) is 11.8 Å². The van der Waals surface area contributed by atoms with Crippen molar-refractivity contribution in [2.75, 3.05) is 31.1 Å². The van der Waals surface area contributed by atoms with Gasteiger partial charge in [0.05, 0.1) is 11.6 Å². The van der Waals surface area contributed by atoms with Gasteiger partial charge < -0.3 is 10.4 Å². The van der Waals surface area contributed by atoms with E-state index in [-0.39, 0.29) is 11.9 Å². The molecule has 2 atom stereocenters. The smallest absolute Gasteiger partial charge is 0.237 e. The average Bonchev–Trinajstić information content (AvgIpc) is 2.85. The highest BCUT2D eigenvalue weighted by Gasteiger charge is 2.35. The molecule has 116 valence electrons. The third kappa shape index (κ3) is 4.12. The molecular weight excluding hydrogens is 272 g/mol. The lowest BCUT2D eigenvalue weighted by molar-refractivity contribution is -0.129. The first-order valence-electron chi connectivity index (χ1n) is 7.84. The molecule has 2 rings (SSSR count). The van der Waals surface area contributed by atoms with Crippen molar-refractivity contribution in [1.29, 1.82) is 0 Å². The van der Waals surface area contributed by atoms with Gasteiger partial charge in [-0.15, -0.1) is 0 Å². The van der Waals surface area contributed by atoms with Crippen molar-refractivity contribution in [3.8, 4) is 0 Å². The van der Waals surface area contributed by atoms with Crippen LogP contribution >= 0.6 is 11.8 Å². The molecule has 0 aromatic carbocycles. The van der Waals surface area contributed by atoms with E-state index < -0.39 is 5.60 Å².